The fourth-order valence-corrected chi connectivity index (χ4v) is 11.2. The van der Waals surface area contributed by atoms with Gasteiger partial charge in [0.05, 0.1) is 35.8 Å². The molecule has 1 N–H and O–H groups in total. The molecular weight excluding hydrogens is 616 g/mol. The minimum absolute atomic E-state index is 0.0608. The summed E-state index contributed by atoms with van der Waals surface area (Å²) in [5.41, 5.74) is 0.132. The highest BCUT2D eigenvalue weighted by molar-refractivity contribution is 9.09. The molecule has 3 fully saturated rings. The molecule has 0 aliphatic carbocycles. The highest BCUT2D eigenvalue weighted by Crippen LogP contribution is 2.68. The molecule has 0 radical (unpaired) electrons. The third-order valence-electron chi connectivity index (χ3n) is 8.76. The lowest BCUT2D eigenvalue weighted by atomic mass is 9.70. The molecule has 9 heteroatoms. The molecule has 0 aromatic heterocycles. The summed E-state index contributed by atoms with van der Waals surface area (Å²) in [5.74, 6) is -2.30. The van der Waals surface area contributed by atoms with Gasteiger partial charge in [0, 0.05) is 22.2 Å². The quantitative estimate of drug-likeness (QED) is 0.137. The number of carbonyl (C=O) groups excluding carboxylic acids is 3. The molecule has 42 heavy (non-hydrogen) atoms. The Kier molecular flexibility index (Phi) is 9.75. The molecule has 3 aliphatic heterocycles. The predicted molar refractivity (Wildman–Crippen MR) is 171 cm³/mol. The SMILES string of the molecule is C=CCCOC(=O)[C@H]1[C@H]2C(=O)N([C@H](CO)c3ccccc3)C(C(=O)N(CC=C)C(C)(C)CC(C)(C)C)C23CC(Br)[C@@H]1S3. The van der Waals surface area contributed by atoms with Gasteiger partial charge in [-0.15, -0.1) is 24.9 Å². The summed E-state index contributed by atoms with van der Waals surface area (Å²) in [7, 11) is 0. The van der Waals surface area contributed by atoms with Gasteiger partial charge in [0.15, 0.2) is 0 Å². The van der Waals surface area contributed by atoms with E-state index in [1.54, 1.807) is 28.8 Å². The van der Waals surface area contributed by atoms with Crippen LogP contribution in [0.15, 0.2) is 55.6 Å². The summed E-state index contributed by atoms with van der Waals surface area (Å²) in [6.45, 7) is 18.4. The van der Waals surface area contributed by atoms with Crippen molar-refractivity contribution in [2.45, 2.75) is 86.3 Å². The summed E-state index contributed by atoms with van der Waals surface area (Å²) in [6.07, 6.45) is 5.22. The van der Waals surface area contributed by atoms with Crippen LogP contribution in [0.5, 0.6) is 0 Å². The maximum absolute atomic E-state index is 15.0. The second-order valence-corrected chi connectivity index (χ2v) is 16.3. The van der Waals surface area contributed by atoms with Gasteiger partial charge in [-0.25, -0.2) is 0 Å². The van der Waals surface area contributed by atoms with Crippen LogP contribution < -0.4 is 0 Å². The molecule has 2 amide bonds. The fraction of sp³-hybridized carbons (Fsp3) is 0.606. The van der Waals surface area contributed by atoms with Crippen molar-refractivity contribution in [1.29, 1.82) is 0 Å². The van der Waals surface area contributed by atoms with E-state index in [0.717, 1.165) is 12.0 Å². The van der Waals surface area contributed by atoms with Crippen LogP contribution in [0.4, 0.5) is 0 Å². The zero-order valence-corrected chi connectivity index (χ0v) is 27.8. The number of aliphatic hydroxyl groups excluding tert-OH is 1. The van der Waals surface area contributed by atoms with E-state index in [4.69, 9.17) is 4.74 Å². The van der Waals surface area contributed by atoms with Crippen molar-refractivity contribution in [2.75, 3.05) is 19.8 Å². The summed E-state index contributed by atoms with van der Waals surface area (Å²) in [6, 6.07) is 7.71. The number of fused-ring (bicyclic) bond motifs is 1. The molecular formula is C33H45BrN2O5S. The van der Waals surface area contributed by atoms with E-state index >= 15 is 4.79 Å². The number of carbonyl (C=O) groups is 3. The van der Waals surface area contributed by atoms with E-state index in [1.165, 1.54) is 0 Å². The molecule has 230 valence electrons. The molecule has 3 unspecified atom stereocenters. The molecule has 0 saturated carbocycles. The van der Waals surface area contributed by atoms with E-state index in [2.05, 4.69) is 63.7 Å². The van der Waals surface area contributed by atoms with E-state index in [0.29, 0.717) is 19.4 Å². The Hall–Kier alpha value is -2.10. The normalized spacial score (nSPS) is 29.3. The minimum atomic E-state index is -0.882. The Labute approximate surface area is 263 Å². The van der Waals surface area contributed by atoms with Gasteiger partial charge < -0.3 is 19.6 Å². The van der Waals surface area contributed by atoms with Crippen LogP contribution in [0.25, 0.3) is 0 Å². The van der Waals surface area contributed by atoms with Crippen molar-refractivity contribution in [1.82, 2.24) is 9.80 Å². The number of halogens is 1. The summed E-state index contributed by atoms with van der Waals surface area (Å²) < 4.78 is 4.79. The highest BCUT2D eigenvalue weighted by atomic mass is 79.9. The monoisotopic (exact) mass is 660 g/mol. The molecule has 1 aromatic carbocycles. The van der Waals surface area contributed by atoms with Crippen molar-refractivity contribution < 1.29 is 24.2 Å². The van der Waals surface area contributed by atoms with Crippen LogP contribution in [-0.4, -0.2) is 78.9 Å². The molecule has 3 heterocycles. The number of hydrogen-bond acceptors (Lipinski definition) is 6. The van der Waals surface area contributed by atoms with Crippen LogP contribution in [0.1, 0.15) is 65.5 Å². The second kappa shape index (κ2) is 12.5. The maximum atomic E-state index is 15.0. The number of likely N-dealkylation sites (tertiary alicyclic amines) is 1. The zero-order chi connectivity index (χ0) is 31.0. The van der Waals surface area contributed by atoms with E-state index in [-0.39, 0.29) is 40.5 Å². The van der Waals surface area contributed by atoms with E-state index < -0.39 is 40.2 Å². The van der Waals surface area contributed by atoms with Gasteiger partial charge >= 0.3 is 5.97 Å². The molecule has 3 saturated heterocycles. The number of amides is 2. The lowest BCUT2D eigenvalue weighted by Crippen LogP contribution is -2.60. The first-order chi connectivity index (χ1) is 19.7. The van der Waals surface area contributed by atoms with E-state index in [9.17, 15) is 14.7 Å². The summed E-state index contributed by atoms with van der Waals surface area (Å²) >= 11 is 5.39. The Bertz CT molecular complexity index is 1200. The van der Waals surface area contributed by atoms with Crippen LogP contribution >= 0.6 is 27.7 Å². The number of rotatable bonds is 12. The second-order valence-electron chi connectivity index (χ2n) is 13.6. The smallest absolute Gasteiger partial charge is 0.310 e. The van der Waals surface area contributed by atoms with Crippen LogP contribution in [0.3, 0.4) is 0 Å². The Balaban J connectivity index is 1.86. The van der Waals surface area contributed by atoms with Gasteiger partial charge in [0.25, 0.3) is 0 Å². The number of thioether (sulfide) groups is 1. The minimum Gasteiger partial charge on any atom is -0.465 e. The van der Waals surface area contributed by atoms with Crippen LogP contribution in [-0.2, 0) is 19.1 Å². The van der Waals surface area contributed by atoms with Crippen molar-refractivity contribution in [3.63, 3.8) is 0 Å². The predicted octanol–water partition coefficient (Wildman–Crippen LogP) is 5.53. The first-order valence-corrected chi connectivity index (χ1v) is 16.5. The number of benzene rings is 1. The number of alkyl halides is 1. The van der Waals surface area contributed by atoms with Gasteiger partial charge in [-0.1, -0.05) is 79.2 Å². The Morgan fingerprint density at radius 2 is 1.88 bits per heavy atom. The highest BCUT2D eigenvalue weighted by Gasteiger charge is 2.77. The van der Waals surface area contributed by atoms with E-state index in [1.807, 2.05) is 35.2 Å². The molecule has 7 atom stereocenters. The van der Waals surface area contributed by atoms with Crippen molar-refractivity contribution in [3.8, 4) is 0 Å². The van der Waals surface area contributed by atoms with Crippen molar-refractivity contribution >= 4 is 45.5 Å². The Morgan fingerprint density at radius 1 is 1.21 bits per heavy atom. The maximum Gasteiger partial charge on any atom is 0.310 e. The number of nitrogens with zero attached hydrogens (tertiary/aromatic N) is 2. The molecule has 3 aliphatic rings. The van der Waals surface area contributed by atoms with Crippen molar-refractivity contribution in [3.05, 3.63) is 61.2 Å². The van der Waals surface area contributed by atoms with Gasteiger partial charge in [0.1, 0.15) is 6.04 Å². The lowest BCUT2D eigenvalue weighted by Gasteiger charge is -2.46. The molecule has 2 bridgehead atoms. The molecule has 4 rings (SSSR count). The first-order valence-electron chi connectivity index (χ1n) is 14.7. The van der Waals surface area contributed by atoms with Gasteiger partial charge in [0.2, 0.25) is 11.8 Å². The first kappa shape index (κ1) is 32.8. The topological polar surface area (TPSA) is 87.1 Å². The van der Waals surface area contributed by atoms with Crippen LogP contribution in [0.2, 0.25) is 0 Å². The third-order valence-corrected chi connectivity index (χ3v) is 12.0. The van der Waals surface area contributed by atoms with Gasteiger partial charge in [-0.3, -0.25) is 14.4 Å². The summed E-state index contributed by atoms with van der Waals surface area (Å²) in [5, 5.41) is 10.6. The van der Waals surface area contributed by atoms with Gasteiger partial charge in [-0.05, 0) is 44.1 Å². The Morgan fingerprint density at radius 3 is 2.45 bits per heavy atom. The number of ether oxygens (including phenoxy) is 1. The average Bonchev–Trinajstić information content (AvgIpc) is 3.50. The third kappa shape index (κ3) is 5.85. The number of esters is 1. The fourth-order valence-electron chi connectivity index (χ4n) is 7.63. The van der Waals surface area contributed by atoms with Crippen molar-refractivity contribution in [2.24, 2.45) is 17.3 Å². The number of hydrogen-bond donors (Lipinski definition) is 1. The zero-order valence-electron chi connectivity index (χ0n) is 25.4. The van der Waals surface area contributed by atoms with Crippen LogP contribution in [0, 0.1) is 17.3 Å². The lowest BCUT2D eigenvalue weighted by molar-refractivity contribution is -0.154. The number of aliphatic hydroxyl groups is 1. The standard InChI is InChI=1S/C33H45BrN2O5S/c1-8-10-17-41-30(40)24-25-28(38)36(23(19-37)21-14-12-11-13-15-21)27(33(25)18-22(34)26(24)42-33)29(39)35(16-9-2)32(6,7)20-31(3,4)5/h8-9,11-15,22-27,37H,1-2,10,16-20H2,3-7H3/t22?,23-,24+,25+,26+,27?,33?/m1/s1. The molecule has 1 aromatic rings. The van der Waals surface area contributed by atoms with Gasteiger partial charge in [-0.2, -0.15) is 0 Å². The molecule has 7 nitrogen and oxygen atoms in total. The largest absolute Gasteiger partial charge is 0.465 e. The average molecular weight is 662 g/mol. The summed E-state index contributed by atoms with van der Waals surface area (Å²) in [4.78, 5) is 46.6. The molecule has 1 spiro atoms.